The fourth-order valence-electron chi connectivity index (χ4n) is 2.36. The van der Waals surface area contributed by atoms with Crippen molar-refractivity contribution in [3.63, 3.8) is 0 Å². The molecule has 0 bridgehead atoms. The highest BCUT2D eigenvalue weighted by Gasteiger charge is 2.12. The molecule has 1 heterocycles. The molecule has 0 aliphatic heterocycles. The van der Waals surface area contributed by atoms with Crippen LogP contribution in [0.15, 0.2) is 65.4 Å². The highest BCUT2D eigenvalue weighted by Crippen LogP contribution is 2.24. The molecule has 1 atom stereocenters. The van der Waals surface area contributed by atoms with Crippen LogP contribution in [-0.4, -0.2) is 21.7 Å². The van der Waals surface area contributed by atoms with Crippen LogP contribution < -0.4 is 5.32 Å². The number of halogens is 2. The average Bonchev–Trinajstić information content (AvgIpc) is 2.60. The summed E-state index contributed by atoms with van der Waals surface area (Å²) < 4.78 is 0.957. The van der Waals surface area contributed by atoms with E-state index >= 15 is 0 Å². The molecule has 3 rings (SSSR count). The number of hydrogen-bond donors (Lipinski definition) is 2. The summed E-state index contributed by atoms with van der Waals surface area (Å²) in [5.74, 6) is 0.589. The summed E-state index contributed by atoms with van der Waals surface area (Å²) in [5.41, 5.74) is 2.57. The Bertz CT molecular complexity index is 844. The minimum absolute atomic E-state index is 0.0560. The van der Waals surface area contributed by atoms with Gasteiger partial charge in [-0.2, -0.15) is 0 Å². The van der Waals surface area contributed by atoms with E-state index in [9.17, 15) is 5.11 Å². The molecule has 2 N–H and O–H groups in total. The zero-order valence-electron chi connectivity index (χ0n) is 12.7. The van der Waals surface area contributed by atoms with Gasteiger partial charge in [-0.1, -0.05) is 51.8 Å². The van der Waals surface area contributed by atoms with Crippen LogP contribution in [0.5, 0.6) is 0 Å². The van der Waals surface area contributed by atoms with E-state index < -0.39 is 0 Å². The van der Waals surface area contributed by atoms with Crippen molar-refractivity contribution in [3.05, 3.63) is 76.0 Å². The van der Waals surface area contributed by atoms with Crippen molar-refractivity contribution in [1.82, 2.24) is 9.97 Å². The Morgan fingerprint density at radius 2 is 1.96 bits per heavy atom. The van der Waals surface area contributed by atoms with Gasteiger partial charge in [0.05, 0.1) is 30.7 Å². The van der Waals surface area contributed by atoms with E-state index in [1.807, 2.05) is 48.5 Å². The molecule has 0 aliphatic rings. The maximum absolute atomic E-state index is 9.71. The minimum atomic E-state index is -0.272. The molecule has 2 aromatic carbocycles. The molecule has 4 nitrogen and oxygen atoms in total. The molecule has 1 aromatic heterocycles. The van der Waals surface area contributed by atoms with Crippen molar-refractivity contribution in [2.75, 3.05) is 11.9 Å². The minimum Gasteiger partial charge on any atom is -0.394 e. The molecule has 0 saturated heterocycles. The number of aliphatic hydroxyl groups is 1. The SMILES string of the molecule is OCC(Nc1cncc(-c2cccc(Cl)c2)n1)c1cccc(Br)c1. The second kappa shape index (κ2) is 7.75. The number of hydrogen-bond acceptors (Lipinski definition) is 4. The first kappa shape index (κ1) is 16.9. The lowest BCUT2D eigenvalue weighted by Crippen LogP contribution is -2.16. The maximum atomic E-state index is 9.71. The Morgan fingerprint density at radius 3 is 2.71 bits per heavy atom. The van der Waals surface area contributed by atoms with Crippen LogP contribution in [0.25, 0.3) is 11.3 Å². The van der Waals surface area contributed by atoms with Gasteiger partial charge >= 0.3 is 0 Å². The standard InChI is InChI=1S/C18H15BrClN3O/c19-14-5-1-3-12(7-14)17(11-24)23-18-10-21-9-16(22-18)13-4-2-6-15(20)8-13/h1-10,17,24H,11H2,(H,22,23). The summed E-state index contributed by atoms with van der Waals surface area (Å²) in [6, 6.07) is 15.0. The molecular formula is C18H15BrClN3O. The number of aromatic nitrogens is 2. The van der Waals surface area contributed by atoms with Gasteiger partial charge in [-0.25, -0.2) is 4.98 Å². The largest absolute Gasteiger partial charge is 0.394 e. The molecule has 0 aliphatic carbocycles. The van der Waals surface area contributed by atoms with Crippen molar-refractivity contribution >= 4 is 33.3 Å². The lowest BCUT2D eigenvalue weighted by Gasteiger charge is -2.18. The molecule has 0 saturated carbocycles. The van der Waals surface area contributed by atoms with E-state index in [0.717, 1.165) is 15.6 Å². The predicted octanol–water partition coefficient (Wildman–Crippen LogP) is 4.71. The number of benzene rings is 2. The second-order valence-electron chi connectivity index (χ2n) is 5.23. The third kappa shape index (κ3) is 4.12. The van der Waals surface area contributed by atoms with Gasteiger partial charge in [0.25, 0.3) is 0 Å². The molecule has 0 spiro atoms. The Kier molecular flexibility index (Phi) is 5.45. The van der Waals surface area contributed by atoms with Crippen molar-refractivity contribution in [2.24, 2.45) is 0 Å². The summed E-state index contributed by atoms with van der Waals surface area (Å²) in [5, 5.41) is 13.6. The van der Waals surface area contributed by atoms with Gasteiger partial charge in [0.1, 0.15) is 5.82 Å². The lowest BCUT2D eigenvalue weighted by molar-refractivity contribution is 0.276. The van der Waals surface area contributed by atoms with E-state index in [2.05, 4.69) is 31.2 Å². The van der Waals surface area contributed by atoms with Crippen molar-refractivity contribution < 1.29 is 5.11 Å². The Hall–Kier alpha value is -1.95. The Labute approximate surface area is 153 Å². The van der Waals surface area contributed by atoms with Gasteiger partial charge in [0.15, 0.2) is 0 Å². The average molecular weight is 405 g/mol. The van der Waals surface area contributed by atoms with Gasteiger partial charge in [0, 0.05) is 15.1 Å². The van der Waals surface area contributed by atoms with Crippen molar-refractivity contribution in [3.8, 4) is 11.3 Å². The van der Waals surface area contributed by atoms with Crippen LogP contribution in [0.1, 0.15) is 11.6 Å². The number of anilines is 1. The van der Waals surface area contributed by atoms with Crippen molar-refractivity contribution in [1.29, 1.82) is 0 Å². The third-order valence-electron chi connectivity index (χ3n) is 3.51. The van der Waals surface area contributed by atoms with Crippen LogP contribution in [0.2, 0.25) is 5.02 Å². The van der Waals surface area contributed by atoms with E-state index in [0.29, 0.717) is 16.5 Å². The van der Waals surface area contributed by atoms with Gasteiger partial charge < -0.3 is 10.4 Å². The van der Waals surface area contributed by atoms with E-state index in [1.165, 1.54) is 0 Å². The first-order valence-electron chi connectivity index (χ1n) is 7.36. The first-order chi connectivity index (χ1) is 11.7. The van der Waals surface area contributed by atoms with Crippen LogP contribution in [0.4, 0.5) is 5.82 Å². The highest BCUT2D eigenvalue weighted by atomic mass is 79.9. The third-order valence-corrected chi connectivity index (χ3v) is 4.24. The van der Waals surface area contributed by atoms with Crippen LogP contribution in [0, 0.1) is 0 Å². The Balaban J connectivity index is 1.86. The summed E-state index contributed by atoms with van der Waals surface area (Å²) in [7, 11) is 0. The zero-order valence-corrected chi connectivity index (χ0v) is 15.0. The number of aliphatic hydroxyl groups excluding tert-OH is 1. The number of rotatable bonds is 5. The number of nitrogens with zero attached hydrogens (tertiary/aromatic N) is 2. The summed E-state index contributed by atoms with van der Waals surface area (Å²) in [6.45, 7) is -0.0560. The van der Waals surface area contributed by atoms with Crippen LogP contribution in [-0.2, 0) is 0 Å². The molecule has 0 radical (unpaired) electrons. The van der Waals surface area contributed by atoms with E-state index in [4.69, 9.17) is 11.6 Å². The second-order valence-corrected chi connectivity index (χ2v) is 6.59. The normalized spacial score (nSPS) is 12.0. The molecule has 6 heteroatoms. The van der Waals surface area contributed by atoms with Crippen molar-refractivity contribution in [2.45, 2.75) is 6.04 Å². The van der Waals surface area contributed by atoms with Crippen LogP contribution >= 0.6 is 27.5 Å². The molecular weight excluding hydrogens is 390 g/mol. The first-order valence-corrected chi connectivity index (χ1v) is 8.53. The molecule has 24 heavy (non-hydrogen) atoms. The van der Waals surface area contributed by atoms with Gasteiger partial charge in [0.2, 0.25) is 0 Å². The zero-order chi connectivity index (χ0) is 16.9. The van der Waals surface area contributed by atoms with Gasteiger partial charge in [-0.3, -0.25) is 4.98 Å². The molecule has 3 aromatic rings. The summed E-state index contributed by atoms with van der Waals surface area (Å²) in [6.07, 6.45) is 3.32. The smallest absolute Gasteiger partial charge is 0.145 e. The molecule has 122 valence electrons. The summed E-state index contributed by atoms with van der Waals surface area (Å²) >= 11 is 9.48. The quantitative estimate of drug-likeness (QED) is 0.647. The van der Waals surface area contributed by atoms with Gasteiger partial charge in [-0.15, -0.1) is 0 Å². The van der Waals surface area contributed by atoms with E-state index in [-0.39, 0.29) is 12.6 Å². The monoisotopic (exact) mass is 403 g/mol. The number of nitrogens with one attached hydrogen (secondary N) is 1. The molecule has 0 amide bonds. The fourth-order valence-corrected chi connectivity index (χ4v) is 2.97. The molecule has 1 unspecified atom stereocenters. The lowest BCUT2D eigenvalue weighted by atomic mass is 10.1. The topological polar surface area (TPSA) is 58.0 Å². The fraction of sp³-hybridized carbons (Fsp3) is 0.111. The molecule has 0 fully saturated rings. The van der Waals surface area contributed by atoms with E-state index in [1.54, 1.807) is 12.4 Å². The van der Waals surface area contributed by atoms with Crippen LogP contribution in [0.3, 0.4) is 0 Å². The maximum Gasteiger partial charge on any atom is 0.145 e. The highest BCUT2D eigenvalue weighted by molar-refractivity contribution is 9.10. The summed E-state index contributed by atoms with van der Waals surface area (Å²) in [4.78, 5) is 8.79. The Morgan fingerprint density at radius 1 is 1.12 bits per heavy atom. The predicted molar refractivity (Wildman–Crippen MR) is 100 cm³/mol. The van der Waals surface area contributed by atoms with Gasteiger partial charge in [-0.05, 0) is 29.8 Å².